The van der Waals surface area contributed by atoms with E-state index in [9.17, 15) is 22.9 Å². The van der Waals surface area contributed by atoms with Crippen molar-refractivity contribution in [2.75, 3.05) is 5.75 Å². The van der Waals surface area contributed by atoms with Gasteiger partial charge < -0.3 is 15.0 Å². The third-order valence-corrected chi connectivity index (χ3v) is 4.21. The number of aliphatic hydroxyl groups is 1. The van der Waals surface area contributed by atoms with Crippen LogP contribution >= 0.6 is 0 Å². The molecule has 23 heavy (non-hydrogen) atoms. The fourth-order valence-electron chi connectivity index (χ4n) is 2.18. The van der Waals surface area contributed by atoms with E-state index in [-0.39, 0.29) is 41.9 Å². The van der Waals surface area contributed by atoms with Gasteiger partial charge in [-0.1, -0.05) is 58.3 Å². The fraction of sp³-hybridized carbons (Fsp3) is 0.933. The van der Waals surface area contributed by atoms with Gasteiger partial charge in [0.25, 0.3) is 0 Å². The van der Waals surface area contributed by atoms with E-state index in [1.54, 1.807) is 0 Å². The van der Waals surface area contributed by atoms with Crippen LogP contribution in [0.3, 0.4) is 0 Å². The maximum atomic E-state index is 11.5. The van der Waals surface area contributed by atoms with E-state index in [4.69, 9.17) is 0 Å². The Hall–Kier alpha value is 0.340. The van der Waals surface area contributed by atoms with Gasteiger partial charge in [-0.05, 0) is 6.42 Å². The summed E-state index contributed by atoms with van der Waals surface area (Å²) in [6, 6.07) is 0. The first-order chi connectivity index (χ1) is 10.3. The van der Waals surface area contributed by atoms with Crippen LogP contribution in [-0.4, -0.2) is 36.0 Å². The molecule has 132 valence electrons. The Bertz CT molecular complexity index is 389. The van der Waals surface area contributed by atoms with Crippen LogP contribution in [0.1, 0.15) is 77.6 Å². The summed E-state index contributed by atoms with van der Waals surface area (Å²) in [4.78, 5) is 11.5. The molecule has 8 heteroatoms. The Labute approximate surface area is 162 Å². The molecule has 1 amide bonds. The maximum Gasteiger partial charge on any atom is 1.00 e. The van der Waals surface area contributed by atoms with E-state index >= 15 is 0 Å². The Morgan fingerprint density at radius 3 is 2.00 bits per heavy atom. The molecule has 1 unspecified atom stereocenters. The molecule has 0 bridgehead atoms. The number of unbranched alkanes of at least 4 members (excludes halogenated alkanes) is 8. The van der Waals surface area contributed by atoms with Gasteiger partial charge in [0, 0.05) is 18.6 Å². The summed E-state index contributed by atoms with van der Waals surface area (Å²) >= 11 is 0. The SMILES string of the molecule is CCCCCCCCCCCC(=O)NC(O)CCS(=O)(=O)[O-].[Na+]. The van der Waals surface area contributed by atoms with E-state index in [2.05, 4.69) is 12.2 Å². The van der Waals surface area contributed by atoms with Gasteiger partial charge in [-0.2, -0.15) is 0 Å². The molecule has 0 saturated carbocycles. The molecule has 1 atom stereocenters. The number of amides is 1. The van der Waals surface area contributed by atoms with Crippen molar-refractivity contribution in [3.05, 3.63) is 0 Å². The average Bonchev–Trinajstić information content (AvgIpc) is 2.42. The molecule has 0 spiro atoms. The summed E-state index contributed by atoms with van der Waals surface area (Å²) in [5.41, 5.74) is 0. The van der Waals surface area contributed by atoms with Crippen molar-refractivity contribution in [1.82, 2.24) is 5.32 Å². The molecule has 0 radical (unpaired) electrons. The topological polar surface area (TPSA) is 107 Å². The van der Waals surface area contributed by atoms with Gasteiger partial charge in [-0.25, -0.2) is 8.42 Å². The largest absolute Gasteiger partial charge is 1.00 e. The minimum atomic E-state index is -4.35. The molecule has 0 saturated heterocycles. The molecule has 0 rings (SSSR count). The summed E-state index contributed by atoms with van der Waals surface area (Å²) in [6.07, 6.45) is 9.19. The summed E-state index contributed by atoms with van der Waals surface area (Å²) in [5, 5.41) is 11.7. The van der Waals surface area contributed by atoms with Crippen molar-refractivity contribution in [3.8, 4) is 0 Å². The average molecular weight is 359 g/mol. The zero-order valence-electron chi connectivity index (χ0n) is 14.6. The van der Waals surface area contributed by atoms with Crippen molar-refractivity contribution in [2.24, 2.45) is 0 Å². The van der Waals surface area contributed by atoms with Crippen molar-refractivity contribution in [3.63, 3.8) is 0 Å². The van der Waals surface area contributed by atoms with Crippen LogP contribution < -0.4 is 34.9 Å². The molecular weight excluding hydrogens is 329 g/mol. The first-order valence-corrected chi connectivity index (χ1v) is 9.84. The molecule has 0 aliphatic rings. The molecule has 0 heterocycles. The van der Waals surface area contributed by atoms with Crippen LogP contribution in [0.5, 0.6) is 0 Å². The van der Waals surface area contributed by atoms with Crippen molar-refractivity contribution < 1.29 is 52.4 Å². The third-order valence-electron chi connectivity index (χ3n) is 3.48. The number of rotatable bonds is 14. The quantitative estimate of drug-likeness (QED) is 0.184. The maximum absolute atomic E-state index is 11.5. The zero-order chi connectivity index (χ0) is 16.8. The number of nitrogens with one attached hydrogen (secondary N) is 1. The molecular formula is C15H30NNaO5S. The Kier molecular flexibility index (Phi) is 17.6. The number of carbonyl (C=O) groups excluding carboxylic acids is 1. The molecule has 0 aromatic carbocycles. The van der Waals surface area contributed by atoms with E-state index in [1.165, 1.54) is 38.5 Å². The van der Waals surface area contributed by atoms with E-state index in [0.717, 1.165) is 19.3 Å². The summed E-state index contributed by atoms with van der Waals surface area (Å²) in [7, 11) is -4.35. The third kappa shape index (κ3) is 20.3. The zero-order valence-corrected chi connectivity index (χ0v) is 17.4. The van der Waals surface area contributed by atoms with Crippen LogP contribution in [0.4, 0.5) is 0 Å². The Morgan fingerprint density at radius 2 is 1.52 bits per heavy atom. The number of hydrogen-bond donors (Lipinski definition) is 2. The van der Waals surface area contributed by atoms with E-state index in [0.29, 0.717) is 6.42 Å². The molecule has 0 aliphatic heterocycles. The van der Waals surface area contributed by atoms with Crippen LogP contribution in [-0.2, 0) is 14.9 Å². The minimum absolute atomic E-state index is 0. The van der Waals surface area contributed by atoms with Gasteiger partial charge in [0.15, 0.2) is 0 Å². The van der Waals surface area contributed by atoms with Crippen LogP contribution in [0.15, 0.2) is 0 Å². The van der Waals surface area contributed by atoms with E-state index < -0.39 is 22.1 Å². The van der Waals surface area contributed by atoms with Gasteiger partial charge in [0.1, 0.15) is 6.23 Å². The van der Waals surface area contributed by atoms with Gasteiger partial charge in [-0.15, -0.1) is 0 Å². The monoisotopic (exact) mass is 359 g/mol. The second kappa shape index (κ2) is 15.8. The molecule has 6 nitrogen and oxygen atoms in total. The molecule has 0 aliphatic carbocycles. The van der Waals surface area contributed by atoms with Crippen LogP contribution in [0.2, 0.25) is 0 Å². The second-order valence-electron chi connectivity index (χ2n) is 5.71. The molecule has 0 fully saturated rings. The Balaban J connectivity index is 0. The van der Waals surface area contributed by atoms with Crippen molar-refractivity contribution in [2.45, 2.75) is 83.8 Å². The molecule has 2 N–H and O–H groups in total. The van der Waals surface area contributed by atoms with Crippen molar-refractivity contribution in [1.29, 1.82) is 0 Å². The minimum Gasteiger partial charge on any atom is -0.748 e. The van der Waals surface area contributed by atoms with Gasteiger partial charge >= 0.3 is 29.6 Å². The number of carbonyl (C=O) groups is 1. The predicted molar refractivity (Wildman–Crippen MR) is 85.2 cm³/mol. The predicted octanol–water partition coefficient (Wildman–Crippen LogP) is -0.719. The van der Waals surface area contributed by atoms with E-state index in [1.807, 2.05) is 0 Å². The number of aliphatic hydroxyl groups excluding tert-OH is 1. The van der Waals surface area contributed by atoms with Gasteiger partial charge in [0.2, 0.25) is 5.91 Å². The van der Waals surface area contributed by atoms with Crippen LogP contribution in [0.25, 0.3) is 0 Å². The standard InChI is InChI=1S/C15H31NO5S.Na/c1-2-3-4-5-6-7-8-9-10-11-14(17)16-15(18)12-13-22(19,20)21;/h15,18H,2-13H2,1H3,(H,16,17)(H,19,20,21);/q;+1/p-1. The summed E-state index contributed by atoms with van der Waals surface area (Å²) in [5.74, 6) is -0.981. The smallest absolute Gasteiger partial charge is 0.748 e. The summed E-state index contributed by atoms with van der Waals surface area (Å²) in [6.45, 7) is 2.20. The first kappa shape index (κ1) is 25.6. The Morgan fingerprint density at radius 1 is 1.04 bits per heavy atom. The van der Waals surface area contributed by atoms with Gasteiger partial charge in [-0.3, -0.25) is 4.79 Å². The first-order valence-electron chi connectivity index (χ1n) is 8.26. The molecule has 0 aromatic rings. The second-order valence-corrected chi connectivity index (χ2v) is 7.24. The summed E-state index contributed by atoms with van der Waals surface area (Å²) < 4.78 is 31.2. The number of hydrogen-bond acceptors (Lipinski definition) is 5. The van der Waals surface area contributed by atoms with Crippen molar-refractivity contribution >= 4 is 16.0 Å². The normalized spacial score (nSPS) is 12.5. The van der Waals surface area contributed by atoms with Crippen LogP contribution in [0, 0.1) is 0 Å². The van der Waals surface area contributed by atoms with Gasteiger partial charge in [0.05, 0.1) is 10.1 Å². The molecule has 0 aromatic heterocycles. The fourth-order valence-corrected chi connectivity index (χ4v) is 2.69.